The number of carbonyl (C=O) groups is 3. The lowest BCUT2D eigenvalue weighted by Crippen LogP contribution is -2.67. The number of fused-ring (bicyclic) bond motifs is 14. The molecule has 23 atom stereocenters. The van der Waals surface area contributed by atoms with E-state index in [1.807, 2.05) is 6.92 Å². The minimum absolute atomic E-state index is 0.0283. The zero-order chi connectivity index (χ0) is 51.4. The molecule has 0 aliphatic carbocycles. The fourth-order valence-electron chi connectivity index (χ4n) is 9.55. The van der Waals surface area contributed by atoms with Crippen LogP contribution in [-0.2, 0) is 66.5 Å². The van der Waals surface area contributed by atoms with Crippen molar-refractivity contribution in [1.29, 1.82) is 0 Å². The van der Waals surface area contributed by atoms with E-state index in [0.29, 0.717) is 19.3 Å². The fraction of sp³-hybridized carbons (Fsp3) is 0.940. The number of hydrogen-bond donors (Lipinski definition) is 6. The number of ether oxygens (including phenoxy) is 11. The van der Waals surface area contributed by atoms with Crippen molar-refractivity contribution >= 4 is 17.9 Å². The Morgan fingerprint density at radius 3 is 1.73 bits per heavy atom. The topological polar surface area (TPSA) is 274 Å². The second-order valence-electron chi connectivity index (χ2n) is 20.2. The van der Waals surface area contributed by atoms with E-state index in [9.17, 15) is 45.0 Å². The lowest BCUT2D eigenvalue weighted by molar-refractivity contribution is -0.383. The van der Waals surface area contributed by atoms with Gasteiger partial charge in [0.1, 0.15) is 54.9 Å². The van der Waals surface area contributed by atoms with Crippen LogP contribution >= 0.6 is 0 Å². The number of hydrogen-bond acceptors (Lipinski definition) is 20. The van der Waals surface area contributed by atoms with Crippen LogP contribution in [0.3, 0.4) is 0 Å². The standard InChI is InChI=1S/C50H86O20/c1-10-13-19-22-31-23-20-17-15-14-16-18-21-24-32(51)65-43-38(57)49(68-40-28(7)60-47(64-31)35(54)34(40)53)62-30(9)42(43)70-50-44(67-46(59)26(5)12-3)37(56)41(29(8)63-50)69-48-36(55)33(52)39(27(6)61-48)66-45(58)25(4)11-2/h25-31,33-44,47-50,52-57H,10-24H2,1-9H3/t25-,26-,27+,28+,29+,30+,31-,33+,34-,35-,36+,37-,38-,39+,40+,41+,42+,43-,44+,47+,48-,49+,50-/m1/s1. The van der Waals surface area contributed by atoms with Crippen molar-refractivity contribution in [2.75, 3.05) is 0 Å². The first-order chi connectivity index (χ1) is 33.3. The summed E-state index contributed by atoms with van der Waals surface area (Å²) in [5, 5.41) is 69.2. The van der Waals surface area contributed by atoms with Crippen molar-refractivity contribution in [3.63, 3.8) is 0 Å². The Labute approximate surface area is 413 Å². The van der Waals surface area contributed by atoms with Crippen molar-refractivity contribution in [2.24, 2.45) is 11.8 Å². The Morgan fingerprint density at radius 2 is 1.09 bits per heavy atom. The van der Waals surface area contributed by atoms with Crippen LogP contribution in [0, 0.1) is 11.8 Å². The van der Waals surface area contributed by atoms with Gasteiger partial charge in [0.2, 0.25) is 0 Å². The van der Waals surface area contributed by atoms with Crippen molar-refractivity contribution in [2.45, 2.75) is 288 Å². The molecule has 4 bridgehead atoms. The summed E-state index contributed by atoms with van der Waals surface area (Å²) in [5.74, 6) is -3.02. The lowest BCUT2D eigenvalue weighted by atomic mass is 9.95. The molecular formula is C50H86O20. The molecule has 0 aromatic rings. The van der Waals surface area contributed by atoms with Gasteiger partial charge in [-0.2, -0.15) is 0 Å². The maximum Gasteiger partial charge on any atom is 0.309 e. The second-order valence-corrected chi connectivity index (χ2v) is 20.2. The van der Waals surface area contributed by atoms with Gasteiger partial charge in [0.15, 0.2) is 43.5 Å². The molecule has 6 aliphatic rings. The van der Waals surface area contributed by atoms with E-state index in [-0.39, 0.29) is 12.5 Å². The molecule has 406 valence electrons. The zero-order valence-corrected chi connectivity index (χ0v) is 42.8. The Kier molecular flexibility index (Phi) is 23.4. The molecule has 70 heavy (non-hydrogen) atoms. The molecule has 6 fully saturated rings. The summed E-state index contributed by atoms with van der Waals surface area (Å²) in [5.41, 5.74) is 0. The van der Waals surface area contributed by atoms with Gasteiger partial charge < -0.3 is 82.7 Å². The van der Waals surface area contributed by atoms with E-state index in [1.165, 1.54) is 13.8 Å². The van der Waals surface area contributed by atoms with Crippen molar-refractivity contribution in [3.8, 4) is 0 Å². The van der Waals surface area contributed by atoms with E-state index in [1.54, 1.807) is 34.6 Å². The summed E-state index contributed by atoms with van der Waals surface area (Å²) >= 11 is 0. The van der Waals surface area contributed by atoms with Crippen molar-refractivity contribution in [1.82, 2.24) is 0 Å². The number of carbonyl (C=O) groups excluding carboxylic acids is 3. The van der Waals surface area contributed by atoms with Crippen LogP contribution in [0.25, 0.3) is 0 Å². The summed E-state index contributed by atoms with van der Waals surface area (Å²) < 4.78 is 67.1. The third-order valence-corrected chi connectivity index (χ3v) is 14.6. The highest BCUT2D eigenvalue weighted by molar-refractivity contribution is 5.72. The average Bonchev–Trinajstić information content (AvgIpc) is 3.32. The number of aliphatic hydroxyl groups is 6. The molecule has 6 N–H and O–H groups in total. The molecule has 0 aromatic carbocycles. The Bertz CT molecular complexity index is 1590. The summed E-state index contributed by atoms with van der Waals surface area (Å²) in [4.78, 5) is 39.7. The second kappa shape index (κ2) is 27.9. The normalized spacial score (nSPS) is 42.7. The van der Waals surface area contributed by atoms with Crippen LogP contribution in [0.5, 0.6) is 0 Å². The minimum atomic E-state index is -1.76. The summed E-state index contributed by atoms with van der Waals surface area (Å²) in [6.07, 6.45) is -16.6. The molecule has 20 heteroatoms. The Morgan fingerprint density at radius 1 is 0.543 bits per heavy atom. The number of rotatable bonds is 14. The SMILES string of the molecule is CCCCC[C@@H]1CCCCCCCCCC(=O)O[C@@H]2[C@@H](O)[C@H](O[C@@H]3[C@H](O)[C@@H](O)[C@H](O1)O[C@H]3C)O[C@@H](C)[C@@H]2O[C@H]1O[C@@H](C)[C@H](O[C@H]2O[C@@H](C)[C@H](OC(=O)[C@H](C)CC)[C@@H](O)[C@@H]2O)[C@@H](O)[C@@H]1OC(=O)[C@H](C)CC. The molecule has 20 nitrogen and oxygen atoms in total. The molecule has 0 unspecified atom stereocenters. The Balaban J connectivity index is 1.37. The summed E-state index contributed by atoms with van der Waals surface area (Å²) in [6.45, 7) is 15.3. The molecule has 0 spiro atoms. The van der Waals surface area contributed by atoms with Crippen molar-refractivity contribution < 1.29 is 97.1 Å². The maximum absolute atomic E-state index is 13.6. The quantitative estimate of drug-likeness (QED) is 0.0824. The van der Waals surface area contributed by atoms with Gasteiger partial charge in [-0.25, -0.2) is 0 Å². The molecular weight excluding hydrogens is 921 g/mol. The monoisotopic (exact) mass is 1010 g/mol. The molecule has 6 saturated heterocycles. The molecule has 6 rings (SSSR count). The van der Waals surface area contributed by atoms with Crippen LogP contribution in [0.15, 0.2) is 0 Å². The predicted octanol–water partition coefficient (Wildman–Crippen LogP) is 3.60. The van der Waals surface area contributed by atoms with Crippen molar-refractivity contribution in [3.05, 3.63) is 0 Å². The van der Waals surface area contributed by atoms with Crippen LogP contribution < -0.4 is 0 Å². The van der Waals surface area contributed by atoms with Gasteiger partial charge in [-0.15, -0.1) is 0 Å². The van der Waals surface area contributed by atoms with Crippen LogP contribution in [0.4, 0.5) is 0 Å². The van der Waals surface area contributed by atoms with E-state index < -0.39 is 153 Å². The van der Waals surface area contributed by atoms with E-state index in [4.69, 9.17) is 52.1 Å². The predicted molar refractivity (Wildman–Crippen MR) is 247 cm³/mol. The first kappa shape index (κ1) is 58.7. The largest absolute Gasteiger partial charge is 0.457 e. The zero-order valence-electron chi connectivity index (χ0n) is 42.8. The molecule has 0 radical (unpaired) electrons. The number of aliphatic hydroxyl groups excluding tert-OH is 6. The highest BCUT2D eigenvalue weighted by atomic mass is 16.8. The van der Waals surface area contributed by atoms with Gasteiger partial charge in [0.25, 0.3) is 0 Å². The third-order valence-electron chi connectivity index (χ3n) is 14.6. The first-order valence-electron chi connectivity index (χ1n) is 26.2. The van der Waals surface area contributed by atoms with Gasteiger partial charge in [0, 0.05) is 6.42 Å². The Hall–Kier alpha value is -2.15. The number of unbranched alkanes of at least 4 members (excludes halogenated alkanes) is 2. The molecule has 0 saturated carbocycles. The summed E-state index contributed by atoms with van der Waals surface area (Å²) in [7, 11) is 0. The number of esters is 3. The van der Waals surface area contributed by atoms with Crippen LogP contribution in [0.1, 0.15) is 159 Å². The molecule has 0 aromatic heterocycles. The fourth-order valence-corrected chi connectivity index (χ4v) is 9.55. The lowest BCUT2D eigenvalue weighted by Gasteiger charge is -2.49. The highest BCUT2D eigenvalue weighted by Crippen LogP contribution is 2.37. The minimum Gasteiger partial charge on any atom is -0.457 e. The summed E-state index contributed by atoms with van der Waals surface area (Å²) in [6, 6.07) is 0. The van der Waals surface area contributed by atoms with E-state index in [2.05, 4.69) is 6.92 Å². The molecule has 6 heterocycles. The van der Waals surface area contributed by atoms with E-state index >= 15 is 0 Å². The van der Waals surface area contributed by atoms with Gasteiger partial charge in [0.05, 0.1) is 42.4 Å². The maximum atomic E-state index is 13.6. The molecule has 0 amide bonds. The highest BCUT2D eigenvalue weighted by Gasteiger charge is 2.56. The van der Waals surface area contributed by atoms with Gasteiger partial charge >= 0.3 is 17.9 Å². The van der Waals surface area contributed by atoms with Crippen LogP contribution in [-0.4, -0.2) is 177 Å². The van der Waals surface area contributed by atoms with Gasteiger partial charge in [-0.3, -0.25) is 14.4 Å². The van der Waals surface area contributed by atoms with Gasteiger partial charge in [-0.05, 0) is 59.8 Å². The average molecular weight is 1010 g/mol. The molecule has 6 aliphatic heterocycles. The smallest absolute Gasteiger partial charge is 0.309 e. The van der Waals surface area contributed by atoms with E-state index in [0.717, 1.165) is 70.6 Å². The third kappa shape index (κ3) is 15.2. The first-order valence-corrected chi connectivity index (χ1v) is 26.2. The van der Waals surface area contributed by atoms with Crippen LogP contribution in [0.2, 0.25) is 0 Å². The van der Waals surface area contributed by atoms with Gasteiger partial charge in [-0.1, -0.05) is 92.4 Å².